The van der Waals surface area contributed by atoms with Crippen LogP contribution in [0.4, 0.5) is 5.69 Å². The Balaban J connectivity index is 1.52. The Labute approximate surface area is 190 Å². The number of amides is 1. The lowest BCUT2D eigenvalue weighted by atomic mass is 10.1. The first-order valence-corrected chi connectivity index (χ1v) is 11.3. The van der Waals surface area contributed by atoms with Crippen molar-refractivity contribution in [2.75, 3.05) is 6.54 Å². The monoisotopic (exact) mass is 454 g/mol. The van der Waals surface area contributed by atoms with Crippen molar-refractivity contribution in [3.63, 3.8) is 0 Å². The summed E-state index contributed by atoms with van der Waals surface area (Å²) in [5, 5.41) is 4.40. The largest absolute Gasteiger partial charge is 0.352 e. The van der Waals surface area contributed by atoms with Crippen LogP contribution >= 0.6 is 35.0 Å². The lowest BCUT2D eigenvalue weighted by Crippen LogP contribution is -2.25. The first kappa shape index (κ1) is 21.0. The van der Waals surface area contributed by atoms with Gasteiger partial charge in [-0.3, -0.25) is 9.79 Å². The summed E-state index contributed by atoms with van der Waals surface area (Å²) in [5.41, 5.74) is 4.58. The van der Waals surface area contributed by atoms with Crippen LogP contribution < -0.4 is 5.32 Å². The molecule has 30 heavy (non-hydrogen) atoms. The number of nitrogens with zero attached hydrogens (tertiary/aromatic N) is 1. The van der Waals surface area contributed by atoms with E-state index in [9.17, 15) is 4.79 Å². The minimum absolute atomic E-state index is 0.102. The molecule has 1 aliphatic rings. The van der Waals surface area contributed by atoms with Crippen molar-refractivity contribution >= 4 is 52.3 Å². The third-order valence-corrected chi connectivity index (χ3v) is 6.52. The minimum atomic E-state index is -0.102. The van der Waals surface area contributed by atoms with Gasteiger partial charge in [0.05, 0.1) is 5.69 Å². The molecule has 0 fully saturated rings. The Morgan fingerprint density at radius 2 is 1.70 bits per heavy atom. The van der Waals surface area contributed by atoms with Crippen LogP contribution in [0.5, 0.6) is 0 Å². The quantitative estimate of drug-likeness (QED) is 0.452. The van der Waals surface area contributed by atoms with Gasteiger partial charge in [0.25, 0.3) is 5.91 Å². The second-order valence-electron chi connectivity index (χ2n) is 6.97. The lowest BCUT2D eigenvalue weighted by molar-refractivity contribution is 0.0954. The van der Waals surface area contributed by atoms with Gasteiger partial charge in [-0.15, -0.1) is 0 Å². The van der Waals surface area contributed by atoms with Gasteiger partial charge in [-0.25, -0.2) is 0 Å². The molecule has 0 aliphatic carbocycles. The summed E-state index contributed by atoms with van der Waals surface area (Å²) in [6.45, 7) is 2.63. The molecule has 0 spiro atoms. The molecule has 3 aromatic rings. The van der Waals surface area contributed by atoms with E-state index < -0.39 is 0 Å². The smallest absolute Gasteiger partial charge is 0.251 e. The summed E-state index contributed by atoms with van der Waals surface area (Å²) in [5.74, 6) is -0.102. The van der Waals surface area contributed by atoms with Gasteiger partial charge in [0.2, 0.25) is 0 Å². The fourth-order valence-electron chi connectivity index (χ4n) is 3.32. The van der Waals surface area contributed by atoms with Crippen LogP contribution in [0.3, 0.4) is 0 Å². The number of carbonyl (C=O) groups is 1. The van der Waals surface area contributed by atoms with Gasteiger partial charge in [-0.05, 0) is 66.9 Å². The molecule has 0 aromatic heterocycles. The Morgan fingerprint density at radius 1 is 0.967 bits per heavy atom. The average Bonchev–Trinajstić information content (AvgIpc) is 2.90. The molecule has 1 heterocycles. The van der Waals surface area contributed by atoms with E-state index in [0.29, 0.717) is 22.2 Å². The van der Waals surface area contributed by atoms with Crippen LogP contribution in [0, 0.1) is 0 Å². The molecule has 0 unspecified atom stereocenters. The van der Waals surface area contributed by atoms with Crippen molar-refractivity contribution in [1.82, 2.24) is 5.32 Å². The highest BCUT2D eigenvalue weighted by Crippen LogP contribution is 2.41. The Morgan fingerprint density at radius 3 is 2.47 bits per heavy atom. The summed E-state index contributed by atoms with van der Waals surface area (Å²) in [4.78, 5) is 19.7. The maximum Gasteiger partial charge on any atom is 0.251 e. The molecule has 152 valence electrons. The van der Waals surface area contributed by atoms with Crippen LogP contribution in [-0.4, -0.2) is 18.2 Å². The first-order valence-electron chi connectivity index (χ1n) is 9.75. The highest BCUT2D eigenvalue weighted by atomic mass is 35.5. The van der Waals surface area contributed by atoms with Crippen LogP contribution in [0.15, 0.2) is 75.4 Å². The summed E-state index contributed by atoms with van der Waals surface area (Å²) < 4.78 is 0. The van der Waals surface area contributed by atoms with E-state index >= 15 is 0 Å². The van der Waals surface area contributed by atoms with E-state index in [2.05, 4.69) is 12.2 Å². The summed E-state index contributed by atoms with van der Waals surface area (Å²) in [6.07, 6.45) is 1.53. The van der Waals surface area contributed by atoms with Gasteiger partial charge in [-0.2, -0.15) is 0 Å². The molecule has 1 amide bonds. The van der Waals surface area contributed by atoms with Crippen LogP contribution in [0.2, 0.25) is 10.0 Å². The molecule has 0 bridgehead atoms. The molecule has 6 heteroatoms. The number of carbonyl (C=O) groups excluding carboxylic acids is 1. The van der Waals surface area contributed by atoms with Crippen molar-refractivity contribution in [1.29, 1.82) is 0 Å². The molecule has 1 N–H and O–H groups in total. The predicted molar refractivity (Wildman–Crippen MR) is 126 cm³/mol. The number of nitrogens with one attached hydrogen (secondary N) is 1. The minimum Gasteiger partial charge on any atom is -0.352 e. The van der Waals surface area contributed by atoms with Crippen molar-refractivity contribution in [2.24, 2.45) is 4.99 Å². The number of fused-ring (bicyclic) bond motifs is 2. The van der Waals surface area contributed by atoms with Gasteiger partial charge in [0.1, 0.15) is 0 Å². The number of aliphatic imine (C=N–C) groups is 1. The normalized spacial score (nSPS) is 12.4. The molecular weight excluding hydrogens is 435 g/mol. The summed E-state index contributed by atoms with van der Waals surface area (Å²) >= 11 is 13.8. The van der Waals surface area contributed by atoms with E-state index in [1.165, 1.54) is 0 Å². The fraction of sp³-hybridized carbons (Fsp3) is 0.167. The molecule has 3 aromatic carbocycles. The molecular formula is C24H20Cl2N2OS. The van der Waals surface area contributed by atoms with Crippen LogP contribution in [-0.2, 0) is 6.42 Å². The molecule has 0 atom stereocenters. The zero-order valence-electron chi connectivity index (χ0n) is 16.4. The van der Waals surface area contributed by atoms with E-state index in [-0.39, 0.29) is 5.91 Å². The highest BCUT2D eigenvalue weighted by molar-refractivity contribution is 7.99. The van der Waals surface area contributed by atoms with E-state index in [0.717, 1.165) is 45.2 Å². The second kappa shape index (κ2) is 9.25. The number of halogens is 2. The van der Waals surface area contributed by atoms with E-state index in [1.807, 2.05) is 60.7 Å². The van der Waals surface area contributed by atoms with Crippen molar-refractivity contribution in [2.45, 2.75) is 29.6 Å². The van der Waals surface area contributed by atoms with Crippen LogP contribution in [0.1, 0.15) is 34.8 Å². The number of rotatable bonds is 5. The maximum atomic E-state index is 12.7. The third-order valence-electron chi connectivity index (χ3n) is 4.90. The van der Waals surface area contributed by atoms with E-state index in [1.54, 1.807) is 11.8 Å². The zero-order chi connectivity index (χ0) is 21.1. The number of hydrogen-bond acceptors (Lipinski definition) is 3. The molecule has 0 saturated heterocycles. The Hall–Kier alpha value is -2.27. The molecule has 0 radical (unpaired) electrons. The third kappa shape index (κ3) is 4.72. The zero-order valence-corrected chi connectivity index (χ0v) is 18.7. The van der Waals surface area contributed by atoms with Gasteiger partial charge >= 0.3 is 0 Å². The van der Waals surface area contributed by atoms with E-state index in [4.69, 9.17) is 28.2 Å². The topological polar surface area (TPSA) is 41.5 Å². The molecule has 3 nitrogen and oxygen atoms in total. The van der Waals surface area contributed by atoms with Gasteiger partial charge < -0.3 is 5.32 Å². The van der Waals surface area contributed by atoms with Crippen molar-refractivity contribution in [3.05, 3.63) is 87.4 Å². The van der Waals surface area contributed by atoms with Crippen LogP contribution in [0.25, 0.3) is 0 Å². The maximum absolute atomic E-state index is 12.7. The molecule has 1 aliphatic heterocycles. The first-order chi connectivity index (χ1) is 14.5. The van der Waals surface area contributed by atoms with Crippen molar-refractivity contribution in [3.8, 4) is 0 Å². The predicted octanol–water partition coefficient (Wildman–Crippen LogP) is 6.96. The second-order valence-corrected chi connectivity index (χ2v) is 8.93. The highest BCUT2D eigenvalue weighted by Gasteiger charge is 2.18. The fourth-order valence-corrected chi connectivity index (χ4v) is 4.62. The van der Waals surface area contributed by atoms with Gasteiger partial charge in [-0.1, -0.05) is 54.0 Å². The number of hydrogen-bond donors (Lipinski definition) is 1. The number of benzene rings is 3. The Kier molecular flexibility index (Phi) is 6.47. The standard InChI is InChI=1S/C24H20Cl2N2OS/c1-2-20-19-14-18(26)8-10-22(19)30-23-9-5-16(13-21(23)28-20)24(29)27-12-11-15-3-6-17(25)7-4-15/h3-10,13-14H,2,11-12H2,1H3,(H,27,29). The van der Waals surface area contributed by atoms with Gasteiger partial charge in [0, 0.05) is 43.2 Å². The van der Waals surface area contributed by atoms with Gasteiger partial charge in [0.15, 0.2) is 0 Å². The molecule has 0 saturated carbocycles. The summed E-state index contributed by atoms with van der Waals surface area (Å²) in [6, 6.07) is 19.2. The lowest BCUT2D eigenvalue weighted by Gasteiger charge is -2.08. The van der Waals surface area contributed by atoms with Crippen molar-refractivity contribution < 1.29 is 4.79 Å². The SMILES string of the molecule is CCC1=Nc2cc(C(=O)NCCc3ccc(Cl)cc3)ccc2Sc2ccc(Cl)cc21. The summed E-state index contributed by atoms with van der Waals surface area (Å²) in [7, 11) is 0. The molecule has 4 rings (SSSR count). The Bertz CT molecular complexity index is 1130. The average molecular weight is 455 g/mol.